The number of methoxy groups -OCH3 is 2. The van der Waals surface area contributed by atoms with E-state index in [9.17, 15) is 9.90 Å². The fourth-order valence-electron chi connectivity index (χ4n) is 3.37. The monoisotopic (exact) mass is 434 g/mol. The average Bonchev–Trinajstić information content (AvgIpc) is 2.79. The summed E-state index contributed by atoms with van der Waals surface area (Å²) in [5, 5.41) is 12.6. The maximum absolute atomic E-state index is 13.1. The molecular weight excluding hydrogens is 416 g/mol. The van der Waals surface area contributed by atoms with Crippen molar-refractivity contribution in [1.82, 2.24) is 4.57 Å². The van der Waals surface area contributed by atoms with E-state index in [1.54, 1.807) is 80.9 Å². The molecule has 1 N–H and O–H groups in total. The lowest BCUT2D eigenvalue weighted by molar-refractivity contribution is 0.395. The van der Waals surface area contributed by atoms with Gasteiger partial charge in [-0.3, -0.25) is 9.79 Å². The number of fused-ring (bicyclic) bond motifs is 1. The zero-order valence-electron chi connectivity index (χ0n) is 16.9. The van der Waals surface area contributed by atoms with Crippen LogP contribution in [-0.2, 0) is 0 Å². The summed E-state index contributed by atoms with van der Waals surface area (Å²) >= 11 is 6.11. The van der Waals surface area contributed by atoms with Crippen LogP contribution < -0.4 is 15.0 Å². The van der Waals surface area contributed by atoms with E-state index < -0.39 is 0 Å². The van der Waals surface area contributed by atoms with Crippen LogP contribution in [0.4, 0.5) is 5.69 Å². The van der Waals surface area contributed by atoms with E-state index >= 15 is 0 Å². The van der Waals surface area contributed by atoms with Gasteiger partial charge in [0.1, 0.15) is 17.2 Å². The third-order valence-electron chi connectivity index (χ3n) is 4.89. The molecule has 31 heavy (non-hydrogen) atoms. The van der Waals surface area contributed by atoms with Crippen molar-refractivity contribution in [2.75, 3.05) is 14.2 Å². The Balaban J connectivity index is 1.94. The van der Waals surface area contributed by atoms with Crippen LogP contribution in [0.15, 0.2) is 76.5 Å². The summed E-state index contributed by atoms with van der Waals surface area (Å²) in [4.78, 5) is 17.6. The summed E-state index contributed by atoms with van der Waals surface area (Å²) < 4.78 is 11.8. The number of rotatable bonds is 5. The van der Waals surface area contributed by atoms with Crippen LogP contribution in [0.1, 0.15) is 5.56 Å². The van der Waals surface area contributed by atoms with Gasteiger partial charge in [-0.05, 0) is 36.4 Å². The minimum atomic E-state index is -0.352. The lowest BCUT2D eigenvalue weighted by atomic mass is 10.1. The van der Waals surface area contributed by atoms with Gasteiger partial charge in [-0.15, -0.1) is 0 Å². The number of hydrogen-bond acceptors (Lipinski definition) is 5. The molecule has 0 aliphatic rings. The van der Waals surface area contributed by atoms with Gasteiger partial charge < -0.3 is 14.6 Å². The van der Waals surface area contributed by atoms with Gasteiger partial charge in [-0.2, -0.15) is 0 Å². The van der Waals surface area contributed by atoms with Crippen molar-refractivity contribution < 1.29 is 14.6 Å². The normalized spacial score (nSPS) is 11.2. The topological polar surface area (TPSA) is 73.0 Å². The van der Waals surface area contributed by atoms with Gasteiger partial charge in [0.2, 0.25) is 5.88 Å². The number of halogens is 1. The van der Waals surface area contributed by atoms with Gasteiger partial charge in [0.05, 0.1) is 25.5 Å². The zero-order chi connectivity index (χ0) is 22.0. The number of benzene rings is 3. The second kappa shape index (κ2) is 8.53. The number of aliphatic imine (C=N–C) groups is 1. The molecule has 0 atom stereocenters. The van der Waals surface area contributed by atoms with Crippen LogP contribution in [0.5, 0.6) is 17.4 Å². The zero-order valence-corrected chi connectivity index (χ0v) is 17.6. The fourth-order valence-corrected chi connectivity index (χ4v) is 3.55. The van der Waals surface area contributed by atoms with Crippen LogP contribution in [0.3, 0.4) is 0 Å². The van der Waals surface area contributed by atoms with Crippen LogP contribution in [0.2, 0.25) is 5.02 Å². The van der Waals surface area contributed by atoms with Crippen molar-refractivity contribution in [2.24, 2.45) is 4.99 Å². The third kappa shape index (κ3) is 3.85. The van der Waals surface area contributed by atoms with Crippen molar-refractivity contribution >= 4 is 34.3 Å². The van der Waals surface area contributed by atoms with Crippen molar-refractivity contribution in [3.8, 4) is 23.1 Å². The molecule has 4 aromatic rings. The second-order valence-corrected chi connectivity index (χ2v) is 7.14. The Morgan fingerprint density at radius 3 is 2.45 bits per heavy atom. The van der Waals surface area contributed by atoms with E-state index in [1.165, 1.54) is 10.8 Å². The molecular formula is C24H19ClN2O4. The molecule has 1 heterocycles. The summed E-state index contributed by atoms with van der Waals surface area (Å²) in [6.07, 6.45) is 1.52. The van der Waals surface area contributed by atoms with E-state index in [2.05, 4.69) is 4.99 Å². The molecule has 0 saturated heterocycles. The molecule has 0 spiro atoms. The molecule has 0 bridgehead atoms. The van der Waals surface area contributed by atoms with Gasteiger partial charge in [-0.1, -0.05) is 35.9 Å². The first-order chi connectivity index (χ1) is 15.0. The molecule has 0 amide bonds. The smallest absolute Gasteiger partial charge is 0.265 e. The molecule has 0 unspecified atom stereocenters. The number of ether oxygens (including phenoxy) is 2. The number of nitrogens with zero attached hydrogens (tertiary/aromatic N) is 2. The molecule has 0 saturated carbocycles. The second-order valence-electron chi connectivity index (χ2n) is 6.70. The predicted octanol–water partition coefficient (Wildman–Crippen LogP) is 5.12. The Morgan fingerprint density at radius 2 is 1.74 bits per heavy atom. The minimum Gasteiger partial charge on any atom is -0.497 e. The van der Waals surface area contributed by atoms with Crippen LogP contribution >= 0.6 is 11.6 Å². The molecule has 0 fully saturated rings. The largest absolute Gasteiger partial charge is 0.497 e. The lowest BCUT2D eigenvalue weighted by Gasteiger charge is -2.14. The fraction of sp³-hybridized carbons (Fsp3) is 0.0833. The number of aromatic nitrogens is 1. The molecule has 3 aromatic carbocycles. The molecule has 6 nitrogen and oxygen atoms in total. The molecule has 4 rings (SSSR count). The Morgan fingerprint density at radius 1 is 0.968 bits per heavy atom. The van der Waals surface area contributed by atoms with E-state index in [1.807, 2.05) is 0 Å². The third-order valence-corrected chi connectivity index (χ3v) is 5.12. The van der Waals surface area contributed by atoms with Crippen LogP contribution in [-0.4, -0.2) is 30.1 Å². The number of aromatic hydroxyl groups is 1. The molecule has 1 aromatic heterocycles. The lowest BCUT2D eigenvalue weighted by Crippen LogP contribution is -2.20. The summed E-state index contributed by atoms with van der Waals surface area (Å²) in [7, 11) is 3.11. The molecule has 0 radical (unpaired) electrons. The van der Waals surface area contributed by atoms with Crippen LogP contribution in [0.25, 0.3) is 16.5 Å². The quantitative estimate of drug-likeness (QED) is 0.442. The SMILES string of the molecule is COc1ccc(N=Cc2c(O)n(-c3cccc(Cl)c3)c(=O)c3ccccc23)c(OC)c1. The Bertz CT molecular complexity index is 1360. The first-order valence-corrected chi connectivity index (χ1v) is 9.80. The van der Waals surface area contributed by atoms with E-state index in [0.29, 0.717) is 44.2 Å². The first-order valence-electron chi connectivity index (χ1n) is 9.42. The summed E-state index contributed by atoms with van der Waals surface area (Å²) in [6, 6.07) is 19.0. The Labute approximate surface area is 183 Å². The first kappa shape index (κ1) is 20.5. The van der Waals surface area contributed by atoms with Crippen molar-refractivity contribution in [1.29, 1.82) is 0 Å². The highest BCUT2D eigenvalue weighted by atomic mass is 35.5. The van der Waals surface area contributed by atoms with Gasteiger partial charge in [0.25, 0.3) is 5.56 Å². The van der Waals surface area contributed by atoms with E-state index in [4.69, 9.17) is 21.1 Å². The molecule has 0 aliphatic carbocycles. The number of hydrogen-bond donors (Lipinski definition) is 1. The standard InChI is InChI=1S/C24H19ClN2O4/c1-30-17-10-11-21(22(13-17)31-2)26-14-20-18-8-3-4-9-19(18)23(28)27(24(20)29)16-7-5-6-15(25)12-16/h3-14,29H,1-2H3. The molecule has 0 aliphatic heterocycles. The van der Waals surface area contributed by atoms with Crippen molar-refractivity contribution in [3.05, 3.63) is 87.7 Å². The van der Waals surface area contributed by atoms with E-state index in [-0.39, 0.29) is 11.4 Å². The highest BCUT2D eigenvalue weighted by molar-refractivity contribution is 6.30. The summed E-state index contributed by atoms with van der Waals surface area (Å²) in [5.74, 6) is 0.920. The predicted molar refractivity (Wildman–Crippen MR) is 123 cm³/mol. The van der Waals surface area contributed by atoms with Gasteiger partial charge in [0.15, 0.2) is 0 Å². The average molecular weight is 435 g/mol. The van der Waals surface area contributed by atoms with Crippen molar-refractivity contribution in [3.63, 3.8) is 0 Å². The van der Waals surface area contributed by atoms with Gasteiger partial charge >= 0.3 is 0 Å². The van der Waals surface area contributed by atoms with Gasteiger partial charge in [0, 0.05) is 28.1 Å². The number of pyridine rings is 1. The summed E-state index contributed by atoms with van der Waals surface area (Å²) in [5.41, 5.74) is 1.05. The summed E-state index contributed by atoms with van der Waals surface area (Å²) in [6.45, 7) is 0. The maximum atomic E-state index is 13.1. The highest BCUT2D eigenvalue weighted by Crippen LogP contribution is 2.32. The Hall–Kier alpha value is -3.77. The van der Waals surface area contributed by atoms with E-state index in [0.717, 1.165) is 0 Å². The maximum Gasteiger partial charge on any atom is 0.265 e. The molecule has 156 valence electrons. The van der Waals surface area contributed by atoms with Gasteiger partial charge in [-0.25, -0.2) is 4.57 Å². The minimum absolute atomic E-state index is 0.234. The molecule has 7 heteroatoms. The highest BCUT2D eigenvalue weighted by Gasteiger charge is 2.16. The van der Waals surface area contributed by atoms with Crippen molar-refractivity contribution in [2.45, 2.75) is 0 Å². The Kier molecular flexibility index (Phi) is 5.64. The van der Waals surface area contributed by atoms with Crippen LogP contribution in [0, 0.1) is 0 Å².